The number of likely N-dealkylation sites (N-methyl/N-ethyl adjacent to an activating group) is 1. The van der Waals surface area contributed by atoms with Crippen LogP contribution in [0, 0.1) is 12.8 Å². The van der Waals surface area contributed by atoms with Gasteiger partial charge >= 0.3 is 0 Å². The van der Waals surface area contributed by atoms with E-state index < -0.39 is 0 Å². The second-order valence-corrected chi connectivity index (χ2v) is 6.42. The van der Waals surface area contributed by atoms with E-state index in [9.17, 15) is 4.79 Å². The van der Waals surface area contributed by atoms with Crippen LogP contribution in [0.15, 0.2) is 24.3 Å². The van der Waals surface area contributed by atoms with Crippen molar-refractivity contribution in [2.45, 2.75) is 19.4 Å². The Hall–Kier alpha value is -1.39. The fourth-order valence-corrected chi connectivity index (χ4v) is 3.18. The molecule has 1 amide bonds. The summed E-state index contributed by atoms with van der Waals surface area (Å²) >= 11 is 0. The van der Waals surface area contributed by atoms with Crippen molar-refractivity contribution in [1.29, 1.82) is 0 Å². The monoisotopic (exact) mass is 288 g/mol. The maximum absolute atomic E-state index is 12.4. The fourth-order valence-electron chi connectivity index (χ4n) is 3.18. The van der Waals surface area contributed by atoms with Gasteiger partial charge in [-0.05, 0) is 31.9 Å². The number of likely N-dealkylation sites (tertiary alicyclic amines) is 1. The van der Waals surface area contributed by atoms with Gasteiger partial charge < -0.3 is 14.5 Å². The highest BCUT2D eigenvalue weighted by Crippen LogP contribution is 2.22. The van der Waals surface area contributed by atoms with Gasteiger partial charge in [0.25, 0.3) is 5.91 Å². The zero-order valence-electron chi connectivity index (χ0n) is 12.9. The Labute approximate surface area is 126 Å². The Bertz CT molecular complexity index is 511. The van der Waals surface area contributed by atoms with Crippen molar-refractivity contribution < 1.29 is 9.53 Å². The Kier molecular flexibility index (Phi) is 4.27. The second kappa shape index (κ2) is 6.16. The summed E-state index contributed by atoms with van der Waals surface area (Å²) in [5, 5.41) is 0. The molecule has 1 atom stereocenters. The Morgan fingerprint density at radius 3 is 2.86 bits per heavy atom. The van der Waals surface area contributed by atoms with Crippen molar-refractivity contribution in [2.75, 3.05) is 39.8 Å². The van der Waals surface area contributed by atoms with Crippen molar-refractivity contribution in [2.24, 2.45) is 5.92 Å². The molecule has 2 heterocycles. The first kappa shape index (κ1) is 14.5. The minimum absolute atomic E-state index is 0.169. The first-order valence-electron chi connectivity index (χ1n) is 7.76. The summed E-state index contributed by atoms with van der Waals surface area (Å²) in [7, 11) is 2.04. The van der Waals surface area contributed by atoms with Crippen LogP contribution in [0.4, 0.5) is 0 Å². The van der Waals surface area contributed by atoms with Crippen LogP contribution in [0.5, 0.6) is 0 Å². The number of benzene rings is 1. The molecule has 114 valence electrons. The van der Waals surface area contributed by atoms with Gasteiger partial charge in [0.2, 0.25) is 0 Å². The van der Waals surface area contributed by atoms with Crippen LogP contribution in [0.25, 0.3) is 0 Å². The topological polar surface area (TPSA) is 32.8 Å². The Balaban J connectivity index is 1.48. The second-order valence-electron chi connectivity index (χ2n) is 6.42. The van der Waals surface area contributed by atoms with E-state index in [-0.39, 0.29) is 12.0 Å². The normalized spacial score (nSPS) is 23.9. The molecule has 4 heteroatoms. The lowest BCUT2D eigenvalue weighted by molar-refractivity contribution is -0.155. The van der Waals surface area contributed by atoms with Crippen molar-refractivity contribution in [3.05, 3.63) is 35.4 Å². The van der Waals surface area contributed by atoms with Crippen molar-refractivity contribution in [1.82, 2.24) is 9.80 Å². The quantitative estimate of drug-likeness (QED) is 0.841. The highest BCUT2D eigenvalue weighted by Gasteiger charge is 2.36. The molecule has 1 aromatic carbocycles. The van der Waals surface area contributed by atoms with Gasteiger partial charge in [-0.1, -0.05) is 29.8 Å². The zero-order valence-corrected chi connectivity index (χ0v) is 12.9. The predicted octanol–water partition coefficient (Wildman–Crippen LogP) is 1.33. The van der Waals surface area contributed by atoms with Crippen LogP contribution >= 0.6 is 0 Å². The highest BCUT2D eigenvalue weighted by atomic mass is 16.5. The summed E-state index contributed by atoms with van der Waals surface area (Å²) in [6.07, 6.45) is 0.806. The number of carbonyl (C=O) groups excluding carboxylic acids is 1. The SMILES string of the molecule is Cc1cccc(CC2CN(C(=O)C3CN(C)CCO3)C2)c1. The van der Waals surface area contributed by atoms with Crippen molar-refractivity contribution in [3.8, 4) is 0 Å². The molecular formula is C17H24N2O2. The molecule has 0 aliphatic carbocycles. The lowest BCUT2D eigenvalue weighted by Crippen LogP contribution is -2.57. The number of nitrogens with zero attached hydrogens (tertiary/aromatic N) is 2. The fraction of sp³-hybridized carbons (Fsp3) is 0.588. The van der Waals surface area contributed by atoms with Crippen LogP contribution in [0.1, 0.15) is 11.1 Å². The third-order valence-electron chi connectivity index (χ3n) is 4.42. The number of ether oxygens (including phenoxy) is 1. The van der Waals surface area contributed by atoms with Crippen molar-refractivity contribution >= 4 is 5.91 Å². The van der Waals surface area contributed by atoms with E-state index in [1.54, 1.807) is 0 Å². The highest BCUT2D eigenvalue weighted by molar-refractivity contribution is 5.82. The van der Waals surface area contributed by atoms with Gasteiger partial charge in [0.15, 0.2) is 0 Å². The maximum Gasteiger partial charge on any atom is 0.253 e. The molecule has 2 fully saturated rings. The molecule has 0 bridgehead atoms. The minimum atomic E-state index is -0.260. The number of hydrogen-bond donors (Lipinski definition) is 0. The summed E-state index contributed by atoms with van der Waals surface area (Å²) in [4.78, 5) is 16.5. The minimum Gasteiger partial charge on any atom is -0.366 e. The molecule has 0 spiro atoms. The molecule has 2 aliphatic heterocycles. The summed E-state index contributed by atoms with van der Waals surface area (Å²) in [6.45, 7) is 6.16. The third-order valence-corrected chi connectivity index (χ3v) is 4.42. The molecule has 2 saturated heterocycles. The van der Waals surface area contributed by atoms with Gasteiger partial charge in [-0.25, -0.2) is 0 Å². The number of hydrogen-bond acceptors (Lipinski definition) is 3. The van der Waals surface area contributed by atoms with Crippen LogP contribution in [-0.4, -0.2) is 61.6 Å². The van der Waals surface area contributed by atoms with E-state index in [0.29, 0.717) is 12.5 Å². The van der Waals surface area contributed by atoms with Crippen LogP contribution in [-0.2, 0) is 16.0 Å². The predicted molar refractivity (Wildman–Crippen MR) is 82.2 cm³/mol. The van der Waals surface area contributed by atoms with Gasteiger partial charge in [-0.3, -0.25) is 4.79 Å². The molecule has 1 unspecified atom stereocenters. The Morgan fingerprint density at radius 2 is 2.14 bits per heavy atom. The lowest BCUT2D eigenvalue weighted by Gasteiger charge is -2.42. The number of amides is 1. The first-order chi connectivity index (χ1) is 10.1. The molecule has 1 aromatic rings. The van der Waals surface area contributed by atoms with Gasteiger partial charge in [0.1, 0.15) is 6.10 Å². The number of morpholine rings is 1. The average Bonchev–Trinajstić information content (AvgIpc) is 2.42. The lowest BCUT2D eigenvalue weighted by atomic mass is 9.91. The van der Waals surface area contributed by atoms with E-state index in [4.69, 9.17) is 4.74 Å². The van der Waals surface area contributed by atoms with E-state index in [0.717, 1.165) is 32.6 Å². The molecule has 3 rings (SSSR count). The number of rotatable bonds is 3. The van der Waals surface area contributed by atoms with Crippen LogP contribution in [0.3, 0.4) is 0 Å². The number of carbonyl (C=O) groups is 1. The van der Waals surface area contributed by atoms with E-state index in [1.165, 1.54) is 11.1 Å². The van der Waals surface area contributed by atoms with Gasteiger partial charge in [-0.15, -0.1) is 0 Å². The molecule has 0 N–H and O–H groups in total. The first-order valence-corrected chi connectivity index (χ1v) is 7.76. The standard InChI is InChI=1S/C17H24N2O2/c1-13-4-3-5-14(8-13)9-15-10-19(11-15)17(20)16-12-18(2)6-7-21-16/h3-5,8,15-16H,6-7,9-12H2,1-2H3. The molecule has 4 nitrogen and oxygen atoms in total. The molecule has 0 aromatic heterocycles. The van der Waals surface area contributed by atoms with E-state index >= 15 is 0 Å². The summed E-state index contributed by atoms with van der Waals surface area (Å²) in [5.74, 6) is 0.763. The summed E-state index contributed by atoms with van der Waals surface area (Å²) in [5.41, 5.74) is 2.68. The van der Waals surface area contributed by atoms with E-state index in [1.807, 2.05) is 11.9 Å². The smallest absolute Gasteiger partial charge is 0.253 e. The van der Waals surface area contributed by atoms with Gasteiger partial charge in [0.05, 0.1) is 6.61 Å². The van der Waals surface area contributed by atoms with Gasteiger partial charge in [-0.2, -0.15) is 0 Å². The molecule has 21 heavy (non-hydrogen) atoms. The maximum atomic E-state index is 12.4. The molecule has 2 aliphatic rings. The van der Waals surface area contributed by atoms with E-state index in [2.05, 4.69) is 36.1 Å². The molecular weight excluding hydrogens is 264 g/mol. The number of aryl methyl sites for hydroxylation is 1. The molecule has 0 saturated carbocycles. The largest absolute Gasteiger partial charge is 0.366 e. The third kappa shape index (κ3) is 3.44. The summed E-state index contributed by atoms with van der Waals surface area (Å²) in [6, 6.07) is 8.65. The van der Waals surface area contributed by atoms with Gasteiger partial charge in [0, 0.05) is 26.2 Å². The summed E-state index contributed by atoms with van der Waals surface area (Å²) < 4.78 is 5.60. The van der Waals surface area contributed by atoms with Crippen molar-refractivity contribution in [3.63, 3.8) is 0 Å². The van der Waals surface area contributed by atoms with Crippen LogP contribution < -0.4 is 0 Å². The average molecular weight is 288 g/mol. The van der Waals surface area contributed by atoms with Crippen LogP contribution in [0.2, 0.25) is 0 Å². The molecule has 0 radical (unpaired) electrons. The Morgan fingerprint density at radius 1 is 1.33 bits per heavy atom. The zero-order chi connectivity index (χ0) is 14.8.